The van der Waals surface area contributed by atoms with E-state index in [-0.39, 0.29) is 0 Å². The van der Waals surface area contributed by atoms with Crippen molar-refractivity contribution in [3.63, 3.8) is 0 Å². The molecular weight excluding hydrogens is 144 g/mol. The fraction of sp³-hybridized carbons (Fsp3) is 1.00. The molecule has 2 aliphatic heterocycles. The molecule has 2 aliphatic rings. The first-order chi connectivity index (χ1) is 4.97. The van der Waals surface area contributed by atoms with Crippen molar-refractivity contribution >= 4 is 11.8 Å². The second-order valence-electron chi connectivity index (χ2n) is 3.13. The number of hydrogen-bond acceptors (Lipinski definition) is 2. The lowest BCUT2D eigenvalue weighted by Crippen LogP contribution is -2.43. The minimum atomic E-state index is 0.630. The number of hydrogen-bond donors (Lipinski definition) is 0. The minimum Gasteiger partial charge on any atom is -0.376 e. The fourth-order valence-electron chi connectivity index (χ4n) is 1.59. The van der Waals surface area contributed by atoms with E-state index in [1.165, 1.54) is 31.4 Å². The molecule has 58 valence electrons. The van der Waals surface area contributed by atoms with Crippen molar-refractivity contribution in [1.29, 1.82) is 0 Å². The van der Waals surface area contributed by atoms with Crippen LogP contribution in [0.2, 0.25) is 0 Å². The van der Waals surface area contributed by atoms with Crippen LogP contribution in [0.3, 0.4) is 0 Å². The van der Waals surface area contributed by atoms with Crippen LogP contribution in [0.15, 0.2) is 0 Å². The van der Waals surface area contributed by atoms with E-state index in [1.807, 2.05) is 0 Å². The smallest absolute Gasteiger partial charge is 0.0716 e. The van der Waals surface area contributed by atoms with E-state index in [0.717, 1.165) is 11.9 Å². The monoisotopic (exact) mass is 158 g/mol. The standard InChI is InChI=1S/C8H14OS/c1-2-4-7-8(6-9-7)10-5-3-1/h7-8H,1-6H2. The minimum absolute atomic E-state index is 0.630. The summed E-state index contributed by atoms with van der Waals surface area (Å²) in [7, 11) is 0. The van der Waals surface area contributed by atoms with Crippen LogP contribution in [0.1, 0.15) is 25.7 Å². The molecule has 2 atom stereocenters. The Kier molecular flexibility index (Phi) is 2.19. The molecule has 0 aromatic heterocycles. The van der Waals surface area contributed by atoms with Gasteiger partial charge in [0.05, 0.1) is 18.0 Å². The van der Waals surface area contributed by atoms with E-state index >= 15 is 0 Å². The lowest BCUT2D eigenvalue weighted by Gasteiger charge is -2.37. The van der Waals surface area contributed by atoms with Gasteiger partial charge in [0.15, 0.2) is 0 Å². The van der Waals surface area contributed by atoms with Gasteiger partial charge < -0.3 is 4.74 Å². The molecule has 0 spiro atoms. The van der Waals surface area contributed by atoms with Crippen LogP contribution < -0.4 is 0 Å². The van der Waals surface area contributed by atoms with Gasteiger partial charge in [-0.3, -0.25) is 0 Å². The van der Waals surface area contributed by atoms with Crippen LogP contribution in [0.25, 0.3) is 0 Å². The van der Waals surface area contributed by atoms with Crippen molar-refractivity contribution in [2.24, 2.45) is 0 Å². The van der Waals surface area contributed by atoms with Gasteiger partial charge in [0.1, 0.15) is 0 Å². The molecule has 2 unspecified atom stereocenters. The molecule has 10 heavy (non-hydrogen) atoms. The van der Waals surface area contributed by atoms with Crippen LogP contribution in [-0.2, 0) is 4.74 Å². The summed E-state index contributed by atoms with van der Waals surface area (Å²) in [5.74, 6) is 1.37. The summed E-state index contributed by atoms with van der Waals surface area (Å²) >= 11 is 2.12. The zero-order valence-corrected chi connectivity index (χ0v) is 7.03. The molecule has 0 aliphatic carbocycles. The fourth-order valence-corrected chi connectivity index (χ4v) is 2.87. The predicted molar refractivity (Wildman–Crippen MR) is 44.5 cm³/mol. The maximum atomic E-state index is 5.45. The van der Waals surface area contributed by atoms with Crippen LogP contribution in [0.5, 0.6) is 0 Å². The van der Waals surface area contributed by atoms with Gasteiger partial charge in [-0.1, -0.05) is 12.8 Å². The lowest BCUT2D eigenvalue weighted by molar-refractivity contribution is -0.0475. The summed E-state index contributed by atoms with van der Waals surface area (Å²) in [6.07, 6.45) is 6.18. The van der Waals surface area contributed by atoms with E-state index in [0.29, 0.717) is 6.10 Å². The summed E-state index contributed by atoms with van der Waals surface area (Å²) in [6, 6.07) is 0. The summed E-state index contributed by atoms with van der Waals surface area (Å²) in [5.41, 5.74) is 0. The number of ether oxygens (including phenoxy) is 1. The average molecular weight is 158 g/mol. The molecule has 0 radical (unpaired) electrons. The molecule has 2 heteroatoms. The first kappa shape index (κ1) is 6.99. The third-order valence-electron chi connectivity index (χ3n) is 2.35. The van der Waals surface area contributed by atoms with Crippen LogP contribution in [0.4, 0.5) is 0 Å². The Morgan fingerprint density at radius 2 is 2.20 bits per heavy atom. The summed E-state index contributed by atoms with van der Waals surface area (Å²) in [5, 5.41) is 0.861. The highest BCUT2D eigenvalue weighted by atomic mass is 32.2. The lowest BCUT2D eigenvalue weighted by atomic mass is 10.0. The molecule has 0 bridgehead atoms. The second-order valence-corrected chi connectivity index (χ2v) is 4.48. The highest BCUT2D eigenvalue weighted by Crippen LogP contribution is 2.32. The third-order valence-corrected chi connectivity index (χ3v) is 3.75. The van der Waals surface area contributed by atoms with Gasteiger partial charge >= 0.3 is 0 Å². The molecule has 2 heterocycles. The van der Waals surface area contributed by atoms with E-state index in [9.17, 15) is 0 Å². The maximum Gasteiger partial charge on any atom is 0.0716 e. The average Bonchev–Trinajstić information content (AvgIpc) is 1.89. The van der Waals surface area contributed by atoms with Crippen molar-refractivity contribution in [1.82, 2.24) is 0 Å². The van der Waals surface area contributed by atoms with Gasteiger partial charge in [-0.25, -0.2) is 0 Å². The molecule has 0 aromatic rings. The zero-order valence-electron chi connectivity index (χ0n) is 6.21. The molecule has 2 rings (SSSR count). The molecule has 0 amide bonds. The molecular formula is C8H14OS. The molecule has 0 N–H and O–H groups in total. The van der Waals surface area contributed by atoms with E-state index in [2.05, 4.69) is 11.8 Å². The third kappa shape index (κ3) is 1.32. The van der Waals surface area contributed by atoms with Crippen LogP contribution in [-0.4, -0.2) is 23.7 Å². The van der Waals surface area contributed by atoms with Crippen molar-refractivity contribution < 1.29 is 4.74 Å². The van der Waals surface area contributed by atoms with Gasteiger partial charge in [-0.15, -0.1) is 0 Å². The Labute approximate surface area is 66.5 Å². The second kappa shape index (κ2) is 3.14. The van der Waals surface area contributed by atoms with Crippen molar-refractivity contribution in [3.8, 4) is 0 Å². The molecule has 2 saturated heterocycles. The molecule has 0 saturated carbocycles. The van der Waals surface area contributed by atoms with Crippen molar-refractivity contribution in [3.05, 3.63) is 0 Å². The Morgan fingerprint density at radius 1 is 1.20 bits per heavy atom. The largest absolute Gasteiger partial charge is 0.376 e. The predicted octanol–water partition coefficient (Wildman–Crippen LogP) is 2.06. The van der Waals surface area contributed by atoms with Gasteiger partial charge in [-0.05, 0) is 18.6 Å². The molecule has 0 aromatic carbocycles. The topological polar surface area (TPSA) is 9.23 Å². The number of fused-ring (bicyclic) bond motifs is 1. The van der Waals surface area contributed by atoms with Crippen molar-refractivity contribution in [2.75, 3.05) is 12.4 Å². The number of thioether (sulfide) groups is 1. The Hall–Kier alpha value is 0.310. The molecule has 1 nitrogen and oxygen atoms in total. The highest BCUT2D eigenvalue weighted by Gasteiger charge is 2.32. The summed E-state index contributed by atoms with van der Waals surface area (Å²) in [6.45, 7) is 1.02. The summed E-state index contributed by atoms with van der Waals surface area (Å²) < 4.78 is 5.45. The van der Waals surface area contributed by atoms with Crippen molar-refractivity contribution in [2.45, 2.75) is 37.0 Å². The molecule has 2 fully saturated rings. The van der Waals surface area contributed by atoms with Gasteiger partial charge in [0, 0.05) is 0 Å². The van der Waals surface area contributed by atoms with E-state index in [1.54, 1.807) is 0 Å². The SMILES string of the molecule is C1CCSC2COC2CC1. The summed E-state index contributed by atoms with van der Waals surface area (Å²) in [4.78, 5) is 0. The normalized spacial score (nSPS) is 40.8. The first-order valence-corrected chi connectivity index (χ1v) is 5.25. The van der Waals surface area contributed by atoms with Gasteiger partial charge in [0.2, 0.25) is 0 Å². The quantitative estimate of drug-likeness (QED) is 0.533. The number of rotatable bonds is 0. The van der Waals surface area contributed by atoms with E-state index < -0.39 is 0 Å². The highest BCUT2D eigenvalue weighted by molar-refractivity contribution is 8.00. The first-order valence-electron chi connectivity index (χ1n) is 4.20. The van der Waals surface area contributed by atoms with Gasteiger partial charge in [-0.2, -0.15) is 11.8 Å². The Morgan fingerprint density at radius 3 is 3.00 bits per heavy atom. The Bertz CT molecular complexity index is 102. The van der Waals surface area contributed by atoms with E-state index in [4.69, 9.17) is 4.74 Å². The van der Waals surface area contributed by atoms with Crippen LogP contribution in [0, 0.1) is 0 Å². The van der Waals surface area contributed by atoms with Gasteiger partial charge in [0.25, 0.3) is 0 Å². The van der Waals surface area contributed by atoms with Crippen LogP contribution >= 0.6 is 11.8 Å². The Balaban J connectivity index is 1.83. The zero-order chi connectivity index (χ0) is 6.81. The maximum absolute atomic E-state index is 5.45.